The zero-order valence-electron chi connectivity index (χ0n) is 9.31. The van der Waals surface area contributed by atoms with E-state index in [1.54, 1.807) is 0 Å². The second kappa shape index (κ2) is 6.20. The van der Waals surface area contributed by atoms with Gasteiger partial charge in [-0.2, -0.15) is 10.2 Å². The van der Waals surface area contributed by atoms with Crippen molar-refractivity contribution in [3.63, 3.8) is 0 Å². The van der Waals surface area contributed by atoms with E-state index in [4.69, 9.17) is 5.11 Å². The maximum atomic E-state index is 11.7. The molecule has 2 N–H and O–H groups in total. The Morgan fingerprint density at radius 2 is 2.21 bits per heavy atom. The van der Waals surface area contributed by atoms with Crippen molar-refractivity contribution in [1.82, 2.24) is 20.4 Å². The van der Waals surface area contributed by atoms with Gasteiger partial charge in [-0.3, -0.25) is 14.9 Å². The third-order valence-corrected chi connectivity index (χ3v) is 3.75. The van der Waals surface area contributed by atoms with Crippen LogP contribution in [-0.4, -0.2) is 43.1 Å². The van der Waals surface area contributed by atoms with E-state index >= 15 is 0 Å². The number of hydrogen-bond acceptors (Lipinski definition) is 8. The van der Waals surface area contributed by atoms with Crippen LogP contribution in [0.2, 0.25) is 0 Å². The van der Waals surface area contributed by atoms with E-state index in [2.05, 4.69) is 25.7 Å². The highest BCUT2D eigenvalue weighted by atomic mass is 32.2. The molecule has 10 heteroatoms. The van der Waals surface area contributed by atoms with Crippen molar-refractivity contribution < 1.29 is 14.7 Å². The number of rotatable bonds is 5. The first-order chi connectivity index (χ1) is 9.15. The average Bonchev–Trinajstić information content (AvgIpc) is 2.85. The molecular weight excluding hydrogens is 290 g/mol. The Kier molecular flexibility index (Phi) is 4.36. The van der Waals surface area contributed by atoms with E-state index in [0.29, 0.717) is 15.0 Å². The van der Waals surface area contributed by atoms with Gasteiger partial charge in [0.15, 0.2) is 4.34 Å². The van der Waals surface area contributed by atoms with E-state index < -0.39 is 5.97 Å². The van der Waals surface area contributed by atoms with Crippen molar-refractivity contribution in [2.24, 2.45) is 0 Å². The second-order valence-corrected chi connectivity index (χ2v) is 5.34. The lowest BCUT2D eigenvalue weighted by Crippen LogP contribution is -2.12. The first-order valence-electron chi connectivity index (χ1n) is 4.91. The molecule has 98 valence electrons. The molecule has 0 aliphatic heterocycles. The van der Waals surface area contributed by atoms with Crippen LogP contribution in [0.5, 0.6) is 0 Å². The zero-order valence-corrected chi connectivity index (χ0v) is 10.9. The van der Waals surface area contributed by atoms with E-state index in [1.807, 2.05) is 0 Å². The summed E-state index contributed by atoms with van der Waals surface area (Å²) < 4.78 is 0.477. The molecule has 2 aromatic rings. The fourth-order valence-electron chi connectivity index (χ4n) is 1.04. The Bertz CT molecular complexity index is 589. The number of carbonyl (C=O) groups is 2. The summed E-state index contributed by atoms with van der Waals surface area (Å²) in [5.41, 5.74) is 0.352. The number of hydrogen-bond donors (Lipinski definition) is 2. The number of carboxylic acids is 1. The van der Waals surface area contributed by atoms with Gasteiger partial charge in [0.25, 0.3) is 5.91 Å². The highest BCUT2D eigenvalue weighted by Crippen LogP contribution is 2.25. The number of anilines is 1. The van der Waals surface area contributed by atoms with Crippen LogP contribution in [-0.2, 0) is 4.79 Å². The first-order valence-corrected chi connectivity index (χ1v) is 6.71. The molecule has 0 aliphatic carbocycles. The molecule has 0 atom stereocenters. The predicted molar refractivity (Wildman–Crippen MR) is 68.3 cm³/mol. The van der Waals surface area contributed by atoms with E-state index in [0.717, 1.165) is 23.1 Å². The molecule has 2 heterocycles. The van der Waals surface area contributed by atoms with Crippen LogP contribution in [0.15, 0.2) is 22.8 Å². The van der Waals surface area contributed by atoms with Gasteiger partial charge in [-0.25, -0.2) is 0 Å². The summed E-state index contributed by atoms with van der Waals surface area (Å²) in [5, 5.41) is 26.0. The molecule has 0 radical (unpaired) electrons. The number of thioether (sulfide) groups is 1. The number of carboxylic acid groups (broad SMARTS) is 1. The largest absolute Gasteiger partial charge is 0.481 e. The maximum Gasteiger partial charge on any atom is 0.313 e. The fourth-order valence-corrected chi connectivity index (χ4v) is 2.50. The normalized spacial score (nSPS) is 10.1. The molecule has 0 saturated carbocycles. The molecule has 2 aromatic heterocycles. The summed E-state index contributed by atoms with van der Waals surface area (Å²) in [4.78, 5) is 22.1. The van der Waals surface area contributed by atoms with Crippen LogP contribution in [0, 0.1) is 0 Å². The second-order valence-electron chi connectivity index (χ2n) is 3.14. The Balaban J connectivity index is 1.96. The van der Waals surface area contributed by atoms with Crippen molar-refractivity contribution in [1.29, 1.82) is 0 Å². The van der Waals surface area contributed by atoms with Crippen LogP contribution >= 0.6 is 23.1 Å². The Morgan fingerprint density at radius 1 is 1.37 bits per heavy atom. The molecule has 1 amide bonds. The molecule has 0 saturated heterocycles. The van der Waals surface area contributed by atoms with Gasteiger partial charge >= 0.3 is 5.97 Å². The smallest absolute Gasteiger partial charge is 0.313 e. The third kappa shape index (κ3) is 3.96. The van der Waals surface area contributed by atoms with Crippen molar-refractivity contribution >= 4 is 40.1 Å². The molecule has 0 bridgehead atoms. The fraction of sp³-hybridized carbons (Fsp3) is 0.111. The minimum absolute atomic E-state index is 0.100. The number of aromatic nitrogens is 4. The minimum atomic E-state index is -0.936. The van der Waals surface area contributed by atoms with Crippen LogP contribution in [0.4, 0.5) is 5.13 Å². The molecule has 0 aromatic carbocycles. The summed E-state index contributed by atoms with van der Waals surface area (Å²) in [6, 6.07) is 1.52. The topological polar surface area (TPSA) is 118 Å². The van der Waals surface area contributed by atoms with E-state index in [9.17, 15) is 9.59 Å². The standard InChI is InChI=1S/C9H7N5O3S2/c15-6(16)4-18-9-14-13-8(19-9)12-7(17)5-1-2-10-11-3-5/h1-3H,4H2,(H,15,16)(H,12,13,17). The average molecular weight is 297 g/mol. The van der Waals surface area contributed by atoms with E-state index in [-0.39, 0.29) is 11.7 Å². The van der Waals surface area contributed by atoms with E-state index in [1.165, 1.54) is 18.5 Å². The zero-order chi connectivity index (χ0) is 13.7. The maximum absolute atomic E-state index is 11.7. The van der Waals surface area contributed by atoms with Crippen molar-refractivity contribution in [2.75, 3.05) is 11.1 Å². The molecule has 8 nitrogen and oxygen atoms in total. The van der Waals surface area contributed by atoms with Gasteiger partial charge in [-0.05, 0) is 6.07 Å². The van der Waals surface area contributed by atoms with Crippen molar-refractivity contribution in [3.8, 4) is 0 Å². The number of nitrogens with one attached hydrogen (secondary N) is 1. The van der Waals surface area contributed by atoms with Gasteiger partial charge in [-0.1, -0.05) is 23.1 Å². The summed E-state index contributed by atoms with van der Waals surface area (Å²) in [6.07, 6.45) is 2.74. The van der Waals surface area contributed by atoms with Gasteiger partial charge in [0.2, 0.25) is 5.13 Å². The molecule has 0 aliphatic rings. The quantitative estimate of drug-likeness (QED) is 0.613. The van der Waals surface area contributed by atoms with Crippen LogP contribution in [0.3, 0.4) is 0 Å². The SMILES string of the molecule is O=C(O)CSc1nnc(NC(=O)c2ccnnc2)s1. The van der Waals surface area contributed by atoms with Crippen molar-refractivity contribution in [3.05, 3.63) is 24.0 Å². The minimum Gasteiger partial charge on any atom is -0.481 e. The van der Waals surface area contributed by atoms with Crippen LogP contribution in [0.1, 0.15) is 10.4 Å². The number of aliphatic carboxylic acids is 1. The van der Waals surface area contributed by atoms with Gasteiger partial charge < -0.3 is 5.11 Å². The van der Waals surface area contributed by atoms with Crippen LogP contribution < -0.4 is 5.32 Å². The highest BCUT2D eigenvalue weighted by molar-refractivity contribution is 8.01. The third-order valence-electron chi connectivity index (χ3n) is 1.79. The monoisotopic (exact) mass is 297 g/mol. The Morgan fingerprint density at radius 3 is 2.89 bits per heavy atom. The van der Waals surface area contributed by atoms with Crippen molar-refractivity contribution in [2.45, 2.75) is 4.34 Å². The molecule has 0 fully saturated rings. The lowest BCUT2D eigenvalue weighted by atomic mass is 10.3. The number of nitrogens with zero attached hydrogens (tertiary/aromatic N) is 4. The molecule has 0 unspecified atom stereocenters. The molecular formula is C9H7N5O3S2. The van der Waals surface area contributed by atoms with Gasteiger partial charge in [0.1, 0.15) is 0 Å². The molecule has 19 heavy (non-hydrogen) atoms. The lowest BCUT2D eigenvalue weighted by Gasteiger charge is -1.98. The van der Waals surface area contributed by atoms with Gasteiger partial charge in [0.05, 0.1) is 23.7 Å². The molecule has 0 spiro atoms. The number of amides is 1. The highest BCUT2D eigenvalue weighted by Gasteiger charge is 2.11. The summed E-state index contributed by atoms with van der Waals surface area (Å²) in [6.45, 7) is 0. The summed E-state index contributed by atoms with van der Waals surface area (Å²) in [5.74, 6) is -1.41. The summed E-state index contributed by atoms with van der Waals surface area (Å²) in [7, 11) is 0. The van der Waals surface area contributed by atoms with Gasteiger partial charge in [-0.15, -0.1) is 10.2 Å². The predicted octanol–water partition coefficient (Wildman–Crippen LogP) is 0.757. The Labute approximate surface area is 115 Å². The lowest BCUT2D eigenvalue weighted by molar-refractivity contribution is -0.133. The van der Waals surface area contributed by atoms with Crippen LogP contribution in [0.25, 0.3) is 0 Å². The summed E-state index contributed by atoms with van der Waals surface area (Å²) >= 11 is 2.15. The molecule has 2 rings (SSSR count). The Hall–Kier alpha value is -2.07. The number of carbonyl (C=O) groups excluding carboxylic acids is 1. The first kappa shape index (κ1) is 13.4. The van der Waals surface area contributed by atoms with Gasteiger partial charge in [0, 0.05) is 0 Å².